The molecule has 1 fully saturated rings. The van der Waals surface area contributed by atoms with E-state index in [1.807, 2.05) is 6.92 Å². The number of aliphatic hydroxyl groups is 2. The molecule has 0 heterocycles. The topological polar surface area (TPSA) is 40.5 Å². The zero-order valence-corrected chi connectivity index (χ0v) is 12.1. The summed E-state index contributed by atoms with van der Waals surface area (Å²) in [6, 6.07) is 0. The van der Waals surface area contributed by atoms with Gasteiger partial charge in [-0.1, -0.05) is 32.6 Å². The summed E-state index contributed by atoms with van der Waals surface area (Å²) in [7, 11) is 0. The van der Waals surface area contributed by atoms with Gasteiger partial charge in [-0.05, 0) is 55.6 Å². The first-order valence-electron chi connectivity index (χ1n) is 6.80. The summed E-state index contributed by atoms with van der Waals surface area (Å²) in [4.78, 5) is 0. The molecule has 0 aromatic carbocycles. The van der Waals surface area contributed by atoms with Crippen LogP contribution in [0.4, 0.5) is 0 Å². The van der Waals surface area contributed by atoms with Crippen molar-refractivity contribution in [2.75, 3.05) is 6.61 Å². The SMILES string of the molecule is C/C(C#CC1(O)CCC(C(C)(C)C)CC1)=C\CO. The van der Waals surface area contributed by atoms with Gasteiger partial charge in [-0.3, -0.25) is 0 Å². The lowest BCUT2D eigenvalue weighted by atomic mass is 9.68. The van der Waals surface area contributed by atoms with Crippen LogP contribution in [0.2, 0.25) is 0 Å². The second-order valence-electron chi connectivity index (χ2n) is 6.49. The molecule has 0 aromatic heterocycles. The zero-order valence-electron chi connectivity index (χ0n) is 12.1. The first-order valence-corrected chi connectivity index (χ1v) is 6.80. The summed E-state index contributed by atoms with van der Waals surface area (Å²) in [5.74, 6) is 6.60. The molecule has 0 radical (unpaired) electrons. The van der Waals surface area contributed by atoms with E-state index in [9.17, 15) is 5.11 Å². The smallest absolute Gasteiger partial charge is 0.125 e. The molecule has 0 aliphatic heterocycles. The van der Waals surface area contributed by atoms with Crippen LogP contribution < -0.4 is 0 Å². The summed E-state index contributed by atoms with van der Waals surface area (Å²) in [6.07, 6.45) is 5.26. The first-order chi connectivity index (χ1) is 8.27. The van der Waals surface area contributed by atoms with Crippen LogP contribution in [0, 0.1) is 23.2 Å². The predicted molar refractivity (Wildman–Crippen MR) is 75.0 cm³/mol. The fourth-order valence-corrected chi connectivity index (χ4v) is 2.49. The highest BCUT2D eigenvalue weighted by atomic mass is 16.3. The maximum Gasteiger partial charge on any atom is 0.125 e. The zero-order chi connectivity index (χ0) is 13.8. The standard InChI is InChI=1S/C16H26O2/c1-13(8-12-17)5-9-16(18)10-6-14(7-11-16)15(2,3)4/h8,14,17-18H,6-7,10-12H2,1-4H3/b13-8+. The third-order valence-electron chi connectivity index (χ3n) is 3.93. The molecule has 0 aromatic rings. The third kappa shape index (κ3) is 4.48. The van der Waals surface area contributed by atoms with Gasteiger partial charge in [0.25, 0.3) is 0 Å². The Morgan fingerprint density at radius 2 is 1.89 bits per heavy atom. The molecule has 0 amide bonds. The van der Waals surface area contributed by atoms with Crippen molar-refractivity contribution >= 4 is 0 Å². The van der Waals surface area contributed by atoms with E-state index in [1.165, 1.54) is 0 Å². The van der Waals surface area contributed by atoms with Crippen molar-refractivity contribution in [2.45, 2.75) is 59.0 Å². The molecular formula is C16H26O2. The van der Waals surface area contributed by atoms with E-state index in [4.69, 9.17) is 5.11 Å². The van der Waals surface area contributed by atoms with E-state index in [0.29, 0.717) is 11.3 Å². The van der Waals surface area contributed by atoms with Crippen LogP contribution in [-0.4, -0.2) is 22.4 Å². The van der Waals surface area contributed by atoms with E-state index >= 15 is 0 Å². The number of rotatable bonds is 1. The van der Waals surface area contributed by atoms with Crippen LogP contribution in [0.1, 0.15) is 53.4 Å². The second kappa shape index (κ2) is 5.91. The molecule has 1 aliphatic carbocycles. The lowest BCUT2D eigenvalue weighted by Gasteiger charge is -2.39. The predicted octanol–water partition coefficient (Wildman–Crippen LogP) is 2.90. The summed E-state index contributed by atoms with van der Waals surface area (Å²) >= 11 is 0. The maximum atomic E-state index is 10.4. The van der Waals surface area contributed by atoms with Gasteiger partial charge in [-0.2, -0.15) is 0 Å². The van der Waals surface area contributed by atoms with Crippen molar-refractivity contribution in [1.82, 2.24) is 0 Å². The summed E-state index contributed by atoms with van der Waals surface area (Å²) in [6.45, 7) is 8.66. The Morgan fingerprint density at radius 1 is 1.33 bits per heavy atom. The molecule has 1 rings (SSSR count). The quantitative estimate of drug-likeness (QED) is 0.703. The average molecular weight is 250 g/mol. The van der Waals surface area contributed by atoms with Gasteiger partial charge in [0, 0.05) is 0 Å². The molecule has 0 spiro atoms. The molecule has 0 saturated heterocycles. The molecule has 102 valence electrons. The second-order valence-corrected chi connectivity index (χ2v) is 6.49. The molecule has 0 unspecified atom stereocenters. The van der Waals surface area contributed by atoms with Gasteiger partial charge in [0.2, 0.25) is 0 Å². The van der Waals surface area contributed by atoms with Crippen molar-refractivity contribution in [1.29, 1.82) is 0 Å². The van der Waals surface area contributed by atoms with Gasteiger partial charge in [0.05, 0.1) is 6.61 Å². The van der Waals surface area contributed by atoms with Crippen molar-refractivity contribution in [3.63, 3.8) is 0 Å². The molecular weight excluding hydrogens is 224 g/mol. The lowest BCUT2D eigenvalue weighted by molar-refractivity contribution is 0.0213. The normalized spacial score (nSPS) is 29.7. The van der Waals surface area contributed by atoms with Crippen molar-refractivity contribution in [2.24, 2.45) is 11.3 Å². The number of hydrogen-bond acceptors (Lipinski definition) is 2. The largest absolute Gasteiger partial charge is 0.392 e. The van der Waals surface area contributed by atoms with Crippen LogP contribution in [0.5, 0.6) is 0 Å². The van der Waals surface area contributed by atoms with E-state index in [-0.39, 0.29) is 6.61 Å². The van der Waals surface area contributed by atoms with Crippen LogP contribution in [0.25, 0.3) is 0 Å². The van der Waals surface area contributed by atoms with E-state index in [1.54, 1.807) is 6.08 Å². The fourth-order valence-electron chi connectivity index (χ4n) is 2.49. The van der Waals surface area contributed by atoms with Crippen LogP contribution in [0.3, 0.4) is 0 Å². The number of aliphatic hydroxyl groups excluding tert-OH is 1. The van der Waals surface area contributed by atoms with Crippen molar-refractivity contribution in [3.8, 4) is 11.8 Å². The minimum absolute atomic E-state index is 0.00500. The summed E-state index contributed by atoms with van der Waals surface area (Å²) < 4.78 is 0. The van der Waals surface area contributed by atoms with Crippen LogP contribution >= 0.6 is 0 Å². The van der Waals surface area contributed by atoms with Crippen molar-refractivity contribution in [3.05, 3.63) is 11.6 Å². The van der Waals surface area contributed by atoms with Crippen LogP contribution in [0.15, 0.2) is 11.6 Å². The molecule has 0 bridgehead atoms. The molecule has 0 atom stereocenters. The Hall–Kier alpha value is -0.780. The van der Waals surface area contributed by atoms with Crippen LogP contribution in [-0.2, 0) is 0 Å². The maximum absolute atomic E-state index is 10.4. The van der Waals surface area contributed by atoms with Gasteiger partial charge >= 0.3 is 0 Å². The molecule has 1 aliphatic rings. The van der Waals surface area contributed by atoms with E-state index in [2.05, 4.69) is 32.6 Å². The number of hydrogen-bond donors (Lipinski definition) is 2. The fraction of sp³-hybridized carbons (Fsp3) is 0.750. The molecule has 2 N–H and O–H groups in total. The highest BCUT2D eigenvalue weighted by Gasteiger charge is 2.36. The minimum atomic E-state index is -0.827. The van der Waals surface area contributed by atoms with Gasteiger partial charge in [-0.15, -0.1) is 0 Å². The monoisotopic (exact) mass is 250 g/mol. The average Bonchev–Trinajstić information content (AvgIpc) is 2.26. The Balaban J connectivity index is 2.63. The van der Waals surface area contributed by atoms with Gasteiger partial charge in [0.1, 0.15) is 5.60 Å². The van der Waals surface area contributed by atoms with E-state index < -0.39 is 5.60 Å². The Labute approximate surface area is 111 Å². The Morgan fingerprint density at radius 3 is 2.33 bits per heavy atom. The lowest BCUT2D eigenvalue weighted by Crippen LogP contribution is -2.36. The highest BCUT2D eigenvalue weighted by Crippen LogP contribution is 2.41. The number of allylic oxidation sites excluding steroid dienone is 1. The van der Waals surface area contributed by atoms with E-state index in [0.717, 1.165) is 31.3 Å². The first kappa shape index (κ1) is 15.3. The Bertz CT molecular complexity index is 355. The third-order valence-corrected chi connectivity index (χ3v) is 3.93. The molecule has 18 heavy (non-hydrogen) atoms. The van der Waals surface area contributed by atoms with Gasteiger partial charge in [0.15, 0.2) is 0 Å². The highest BCUT2D eigenvalue weighted by molar-refractivity contribution is 5.30. The summed E-state index contributed by atoms with van der Waals surface area (Å²) in [5, 5.41) is 19.2. The summed E-state index contributed by atoms with van der Waals surface area (Å²) in [5.41, 5.74) is 0.317. The van der Waals surface area contributed by atoms with Gasteiger partial charge in [-0.25, -0.2) is 0 Å². The minimum Gasteiger partial charge on any atom is -0.392 e. The van der Waals surface area contributed by atoms with Gasteiger partial charge < -0.3 is 10.2 Å². The molecule has 2 heteroatoms. The Kier molecular flexibility index (Phi) is 5.01. The molecule has 1 saturated carbocycles. The molecule has 2 nitrogen and oxygen atoms in total. The van der Waals surface area contributed by atoms with Crippen molar-refractivity contribution < 1.29 is 10.2 Å².